The molecule has 0 radical (unpaired) electrons. The van der Waals surface area contributed by atoms with E-state index in [0.29, 0.717) is 5.57 Å². The molecule has 2 N–H and O–H groups in total. The van der Waals surface area contributed by atoms with Gasteiger partial charge >= 0.3 is 17.3 Å². The molecular weight excluding hydrogens is 310 g/mol. The zero-order valence-corrected chi connectivity index (χ0v) is 13.5. The topological polar surface area (TPSA) is 102 Å². The molecule has 2 aliphatic carbocycles. The van der Waals surface area contributed by atoms with Gasteiger partial charge in [-0.05, 0) is 39.0 Å². The summed E-state index contributed by atoms with van der Waals surface area (Å²) in [6.45, 7) is 6.48. The van der Waals surface area contributed by atoms with Crippen LogP contribution in [0.15, 0.2) is 12.2 Å². The molecule has 0 saturated heterocycles. The maximum absolute atomic E-state index is 12.0. The molecule has 2 aliphatic rings. The minimum absolute atomic E-state index is 0.104. The molecule has 2 rings (SSSR count). The molecule has 0 spiro atoms. The molecular formula is C14H21NO6S. The van der Waals surface area contributed by atoms with Crippen LogP contribution in [0.4, 0.5) is 0 Å². The van der Waals surface area contributed by atoms with Gasteiger partial charge in [0.05, 0.1) is 0 Å². The van der Waals surface area contributed by atoms with Crippen LogP contribution in [0.25, 0.3) is 0 Å². The Labute approximate surface area is 131 Å². The fourth-order valence-corrected chi connectivity index (χ4v) is 4.03. The lowest BCUT2D eigenvalue weighted by molar-refractivity contribution is -0.174. The van der Waals surface area contributed by atoms with E-state index in [9.17, 15) is 13.8 Å². The molecule has 2 bridgehead atoms. The number of hydrogen-bond acceptors (Lipinski definition) is 5. The fraction of sp³-hybridized carbons (Fsp3) is 0.714. The Morgan fingerprint density at radius 2 is 2.14 bits per heavy atom. The van der Waals surface area contributed by atoms with Gasteiger partial charge in [0, 0.05) is 11.5 Å². The zero-order valence-electron chi connectivity index (χ0n) is 12.7. The molecule has 0 aliphatic heterocycles. The number of ether oxygens (including phenoxy) is 1. The van der Waals surface area contributed by atoms with Crippen molar-refractivity contribution < 1.29 is 27.3 Å². The Bertz CT molecular complexity index is 521. The van der Waals surface area contributed by atoms with Crippen molar-refractivity contribution in [2.75, 3.05) is 6.54 Å². The van der Waals surface area contributed by atoms with E-state index in [4.69, 9.17) is 13.5 Å². The summed E-state index contributed by atoms with van der Waals surface area (Å²) in [5.74, 6) is -0.794. The maximum Gasteiger partial charge on any atom is 0.326 e. The summed E-state index contributed by atoms with van der Waals surface area (Å²) in [4.78, 5) is 23.4. The molecule has 8 heteroatoms. The normalized spacial score (nSPS) is 34.2. The Hall–Kier alpha value is -1.25. The third-order valence-corrected chi connectivity index (χ3v) is 4.95. The van der Waals surface area contributed by atoms with Gasteiger partial charge in [-0.25, -0.2) is 0 Å². The molecule has 2 fully saturated rings. The van der Waals surface area contributed by atoms with Crippen LogP contribution in [0.1, 0.15) is 33.1 Å². The van der Waals surface area contributed by atoms with Gasteiger partial charge in [0.2, 0.25) is 5.91 Å². The second kappa shape index (κ2) is 6.47. The van der Waals surface area contributed by atoms with Crippen LogP contribution in [-0.4, -0.2) is 38.9 Å². The number of amides is 1. The van der Waals surface area contributed by atoms with E-state index >= 15 is 0 Å². The van der Waals surface area contributed by atoms with Crippen LogP contribution in [-0.2, 0) is 29.9 Å². The number of esters is 1. The molecule has 5 unspecified atom stereocenters. The first-order chi connectivity index (χ1) is 10.2. The first-order valence-corrected chi connectivity index (χ1v) is 8.20. The van der Waals surface area contributed by atoms with E-state index < -0.39 is 34.9 Å². The summed E-state index contributed by atoms with van der Waals surface area (Å²) in [5.41, 5.74) is -0.636. The quantitative estimate of drug-likeness (QED) is 0.426. The molecule has 5 atom stereocenters. The van der Waals surface area contributed by atoms with Crippen LogP contribution in [0.2, 0.25) is 0 Å². The summed E-state index contributed by atoms with van der Waals surface area (Å²) in [7, 11) is 0. The number of nitrogens with one attached hydrogen (secondary N) is 1. The van der Waals surface area contributed by atoms with E-state index in [-0.39, 0.29) is 18.4 Å². The van der Waals surface area contributed by atoms with Gasteiger partial charge < -0.3 is 10.1 Å². The van der Waals surface area contributed by atoms with Crippen molar-refractivity contribution in [2.45, 2.75) is 44.8 Å². The van der Waals surface area contributed by atoms with Crippen LogP contribution in [0.5, 0.6) is 0 Å². The largest absolute Gasteiger partial charge is 0.455 e. The highest BCUT2D eigenvalue weighted by Crippen LogP contribution is 2.54. The summed E-state index contributed by atoms with van der Waals surface area (Å²) < 4.78 is 30.6. The standard InChI is InChI=1S/C14H21NO6S/c1-8(2)13(17)15-7-11(16)20-14(3)10-5-4-9(6-10)12(14)21-22(18)19/h9-10,12H,1,4-7H2,2-3H3,(H,15,17)(H,18,19). The van der Waals surface area contributed by atoms with Crippen molar-refractivity contribution in [3.8, 4) is 0 Å². The van der Waals surface area contributed by atoms with Crippen molar-refractivity contribution in [3.05, 3.63) is 12.2 Å². The van der Waals surface area contributed by atoms with E-state index in [1.54, 1.807) is 13.8 Å². The molecule has 0 aromatic heterocycles. The number of carbonyl (C=O) groups is 2. The van der Waals surface area contributed by atoms with Crippen molar-refractivity contribution >= 4 is 23.2 Å². The molecule has 1 amide bonds. The van der Waals surface area contributed by atoms with Crippen LogP contribution < -0.4 is 5.32 Å². The van der Waals surface area contributed by atoms with Crippen molar-refractivity contribution in [1.82, 2.24) is 5.32 Å². The van der Waals surface area contributed by atoms with Gasteiger partial charge in [0.25, 0.3) is 0 Å². The summed E-state index contributed by atoms with van der Waals surface area (Å²) >= 11 is -2.41. The lowest BCUT2D eigenvalue weighted by atomic mass is 9.83. The van der Waals surface area contributed by atoms with E-state index in [1.165, 1.54) is 0 Å². The Morgan fingerprint density at radius 1 is 1.45 bits per heavy atom. The number of hydrogen-bond donors (Lipinski definition) is 2. The van der Waals surface area contributed by atoms with Crippen LogP contribution >= 0.6 is 0 Å². The molecule has 22 heavy (non-hydrogen) atoms. The number of fused-ring (bicyclic) bond motifs is 2. The third-order valence-electron chi connectivity index (χ3n) is 4.58. The predicted molar refractivity (Wildman–Crippen MR) is 78.8 cm³/mol. The highest BCUT2D eigenvalue weighted by molar-refractivity contribution is 7.74. The molecule has 0 aromatic rings. The molecule has 0 aromatic carbocycles. The van der Waals surface area contributed by atoms with Gasteiger partial charge in [-0.15, -0.1) is 0 Å². The van der Waals surface area contributed by atoms with Crippen LogP contribution in [0, 0.1) is 11.8 Å². The summed E-state index contributed by atoms with van der Waals surface area (Å²) in [5, 5.41) is 2.41. The number of rotatable bonds is 6. The number of carbonyl (C=O) groups excluding carboxylic acids is 2. The van der Waals surface area contributed by atoms with E-state index in [2.05, 4.69) is 11.9 Å². The lowest BCUT2D eigenvalue weighted by Crippen LogP contribution is -2.51. The van der Waals surface area contributed by atoms with E-state index in [0.717, 1.165) is 19.3 Å². The second-order valence-corrected chi connectivity index (χ2v) is 6.75. The minimum Gasteiger partial charge on any atom is -0.455 e. The predicted octanol–water partition coefficient (Wildman–Crippen LogP) is 0.932. The zero-order chi connectivity index (χ0) is 16.5. The van der Waals surface area contributed by atoms with E-state index in [1.807, 2.05) is 0 Å². The van der Waals surface area contributed by atoms with Gasteiger partial charge in [-0.3, -0.25) is 18.3 Å². The monoisotopic (exact) mass is 331 g/mol. The summed E-state index contributed by atoms with van der Waals surface area (Å²) in [6, 6.07) is 0. The second-order valence-electron chi connectivity index (χ2n) is 6.12. The van der Waals surface area contributed by atoms with Gasteiger partial charge in [0.15, 0.2) is 0 Å². The molecule has 7 nitrogen and oxygen atoms in total. The van der Waals surface area contributed by atoms with Crippen molar-refractivity contribution in [1.29, 1.82) is 0 Å². The minimum atomic E-state index is -2.41. The first-order valence-electron chi connectivity index (χ1n) is 7.17. The smallest absolute Gasteiger partial charge is 0.326 e. The first kappa shape index (κ1) is 17.1. The van der Waals surface area contributed by atoms with Crippen molar-refractivity contribution in [2.24, 2.45) is 11.8 Å². The van der Waals surface area contributed by atoms with Gasteiger partial charge in [-0.2, -0.15) is 4.21 Å². The highest BCUT2D eigenvalue weighted by Gasteiger charge is 2.59. The Morgan fingerprint density at radius 3 is 2.73 bits per heavy atom. The molecule has 0 heterocycles. The summed E-state index contributed by atoms with van der Waals surface area (Å²) in [6.07, 6.45) is 2.00. The fourth-order valence-electron chi connectivity index (χ4n) is 3.50. The third kappa shape index (κ3) is 3.39. The average molecular weight is 331 g/mol. The SMILES string of the molecule is C=C(C)C(=O)NCC(=O)OC1(C)C2CCC(C2)C1OS(=O)O. The van der Waals surface area contributed by atoms with Gasteiger partial charge in [-0.1, -0.05) is 6.58 Å². The Kier molecular flexibility index (Phi) is 5.03. The Balaban J connectivity index is 1.99. The average Bonchev–Trinajstić information content (AvgIpc) is 2.98. The lowest BCUT2D eigenvalue weighted by Gasteiger charge is -2.39. The maximum atomic E-state index is 12.0. The van der Waals surface area contributed by atoms with Crippen molar-refractivity contribution in [3.63, 3.8) is 0 Å². The molecule has 124 valence electrons. The highest BCUT2D eigenvalue weighted by atomic mass is 32.2. The molecule has 2 saturated carbocycles. The van der Waals surface area contributed by atoms with Crippen LogP contribution in [0.3, 0.4) is 0 Å². The van der Waals surface area contributed by atoms with Gasteiger partial charge in [0.1, 0.15) is 18.2 Å².